The number of hydrogen-bond donors (Lipinski definition) is 0. The van der Waals surface area contributed by atoms with Crippen molar-refractivity contribution >= 4 is 11.6 Å². The van der Waals surface area contributed by atoms with Gasteiger partial charge in [-0.3, -0.25) is 4.98 Å². The normalized spacial score (nSPS) is 16.5. The maximum absolute atomic E-state index is 13.1. The third kappa shape index (κ3) is 3.50. The topological polar surface area (TPSA) is 49.2 Å². The molecule has 1 aliphatic heterocycles. The third-order valence-corrected chi connectivity index (χ3v) is 5.20. The second-order valence-corrected chi connectivity index (χ2v) is 7.20. The first kappa shape index (κ1) is 18.9. The fourth-order valence-electron chi connectivity index (χ4n) is 3.55. The van der Waals surface area contributed by atoms with Crippen LogP contribution in [0.2, 0.25) is 5.02 Å². The van der Waals surface area contributed by atoms with E-state index in [9.17, 15) is 4.39 Å². The zero-order valence-electron chi connectivity index (χ0n) is 15.8. The number of ether oxygens (including phenoxy) is 2. The first-order valence-corrected chi connectivity index (χ1v) is 9.54. The monoisotopic (exact) mass is 401 g/mol. The Labute approximate surface area is 168 Å². The van der Waals surface area contributed by atoms with Crippen molar-refractivity contribution in [3.05, 3.63) is 52.9 Å². The van der Waals surface area contributed by atoms with Gasteiger partial charge in [-0.25, -0.2) is 9.37 Å². The molecule has 0 bridgehead atoms. The molecule has 146 valence electrons. The number of nitrogens with zero attached hydrogens (tertiary/aromatic N) is 3. The van der Waals surface area contributed by atoms with E-state index in [1.54, 1.807) is 25.4 Å². The highest BCUT2D eigenvalue weighted by Gasteiger charge is 2.24. The van der Waals surface area contributed by atoms with E-state index in [1.807, 2.05) is 18.2 Å². The van der Waals surface area contributed by atoms with Gasteiger partial charge in [0.25, 0.3) is 0 Å². The number of pyridine rings is 1. The lowest BCUT2D eigenvalue weighted by molar-refractivity contribution is 0.0666. The summed E-state index contributed by atoms with van der Waals surface area (Å²) in [4.78, 5) is 9.01. The van der Waals surface area contributed by atoms with Crippen molar-refractivity contribution in [2.45, 2.75) is 32.7 Å². The van der Waals surface area contributed by atoms with Crippen LogP contribution in [0.1, 0.15) is 18.3 Å². The molecule has 28 heavy (non-hydrogen) atoms. The number of imidazole rings is 1. The van der Waals surface area contributed by atoms with Crippen molar-refractivity contribution < 1.29 is 13.9 Å². The van der Waals surface area contributed by atoms with Crippen LogP contribution in [-0.2, 0) is 24.4 Å². The predicted octanol–water partition coefficient (Wildman–Crippen LogP) is 4.70. The smallest absolute Gasteiger partial charge is 0.141 e. The molecule has 0 aliphatic carbocycles. The number of fused-ring (bicyclic) bond motifs is 1. The van der Waals surface area contributed by atoms with Crippen molar-refractivity contribution in [2.75, 3.05) is 13.7 Å². The molecule has 5 nitrogen and oxygen atoms in total. The predicted molar refractivity (Wildman–Crippen MR) is 106 cm³/mol. The molecule has 3 aromatic rings. The zero-order valence-corrected chi connectivity index (χ0v) is 16.5. The molecule has 7 heteroatoms. The maximum atomic E-state index is 13.1. The maximum Gasteiger partial charge on any atom is 0.141 e. The Balaban J connectivity index is 1.90. The number of hydrogen-bond acceptors (Lipinski definition) is 4. The van der Waals surface area contributed by atoms with Gasteiger partial charge in [0.2, 0.25) is 0 Å². The Morgan fingerprint density at radius 2 is 2.14 bits per heavy atom. The average Bonchev–Trinajstić information content (AvgIpc) is 2.95. The molecule has 1 aliphatic rings. The summed E-state index contributed by atoms with van der Waals surface area (Å²) < 4.78 is 26.6. The molecule has 0 N–H and O–H groups in total. The number of alkyl halides is 1. The summed E-state index contributed by atoms with van der Waals surface area (Å²) in [6, 6.07) is 9.24. The SMILES string of the molecule is COc1cc(-c2nc(-c3ccnc(CF)c3)c3n2CC(C)OCC3)ccc1Cl. The molecule has 2 aromatic heterocycles. The van der Waals surface area contributed by atoms with E-state index in [2.05, 4.69) is 16.5 Å². The molecule has 1 atom stereocenters. The van der Waals surface area contributed by atoms with Gasteiger partial charge in [0.1, 0.15) is 18.2 Å². The molecule has 3 heterocycles. The first-order valence-electron chi connectivity index (χ1n) is 9.17. The molecule has 0 amide bonds. The van der Waals surface area contributed by atoms with E-state index < -0.39 is 6.67 Å². The Morgan fingerprint density at radius 3 is 2.93 bits per heavy atom. The quantitative estimate of drug-likeness (QED) is 0.635. The molecule has 1 unspecified atom stereocenters. The van der Waals surface area contributed by atoms with Gasteiger partial charge in [-0.05, 0) is 37.3 Å². The summed E-state index contributed by atoms with van der Waals surface area (Å²) in [6.45, 7) is 2.74. The molecule has 0 spiro atoms. The van der Waals surface area contributed by atoms with Crippen LogP contribution >= 0.6 is 11.6 Å². The summed E-state index contributed by atoms with van der Waals surface area (Å²) in [5.41, 5.74) is 4.06. The number of methoxy groups -OCH3 is 1. The van der Waals surface area contributed by atoms with Gasteiger partial charge in [-0.1, -0.05) is 11.6 Å². The lowest BCUT2D eigenvalue weighted by Gasteiger charge is -2.13. The molecular formula is C21H21ClFN3O2. The molecule has 0 saturated carbocycles. The van der Waals surface area contributed by atoms with Crippen LogP contribution in [0.25, 0.3) is 22.6 Å². The second-order valence-electron chi connectivity index (χ2n) is 6.79. The minimum absolute atomic E-state index is 0.0649. The largest absolute Gasteiger partial charge is 0.495 e. The van der Waals surface area contributed by atoms with Gasteiger partial charge in [0.15, 0.2) is 0 Å². The molecule has 1 aromatic carbocycles. The summed E-state index contributed by atoms with van der Waals surface area (Å²) in [5.74, 6) is 1.41. The van der Waals surface area contributed by atoms with Crippen molar-refractivity contribution in [2.24, 2.45) is 0 Å². The lowest BCUT2D eigenvalue weighted by atomic mass is 10.1. The molecule has 0 saturated heterocycles. The van der Waals surface area contributed by atoms with Crippen molar-refractivity contribution in [1.29, 1.82) is 0 Å². The highest BCUT2D eigenvalue weighted by molar-refractivity contribution is 6.32. The number of aromatic nitrogens is 3. The van der Waals surface area contributed by atoms with Crippen LogP contribution in [0.3, 0.4) is 0 Å². The van der Waals surface area contributed by atoms with Crippen LogP contribution in [0.4, 0.5) is 4.39 Å². The highest BCUT2D eigenvalue weighted by atomic mass is 35.5. The molecular weight excluding hydrogens is 381 g/mol. The van der Waals surface area contributed by atoms with E-state index in [0.717, 1.165) is 34.8 Å². The third-order valence-electron chi connectivity index (χ3n) is 4.89. The standard InChI is InChI=1S/C21H21ClFN3O2/c1-13-12-26-18(6-8-28-13)20(14-5-7-24-16(9-14)11-23)25-21(26)15-3-4-17(22)19(10-15)27-2/h3-5,7,9-10,13H,6,8,11-12H2,1-2H3. The lowest BCUT2D eigenvalue weighted by Crippen LogP contribution is -2.15. The summed E-state index contributed by atoms with van der Waals surface area (Å²) in [7, 11) is 1.59. The minimum atomic E-state index is -0.606. The molecule has 4 rings (SSSR count). The number of halogens is 2. The second kappa shape index (κ2) is 7.89. The Bertz CT molecular complexity index is 1010. The van der Waals surface area contributed by atoms with E-state index >= 15 is 0 Å². The van der Waals surface area contributed by atoms with E-state index in [1.165, 1.54) is 0 Å². The van der Waals surface area contributed by atoms with Gasteiger partial charge in [-0.2, -0.15) is 0 Å². The van der Waals surface area contributed by atoms with Gasteiger partial charge in [-0.15, -0.1) is 0 Å². The Hall–Kier alpha value is -2.44. The fourth-order valence-corrected chi connectivity index (χ4v) is 3.75. The van der Waals surface area contributed by atoms with E-state index in [0.29, 0.717) is 29.6 Å². The minimum Gasteiger partial charge on any atom is -0.495 e. The van der Waals surface area contributed by atoms with Gasteiger partial charge in [0.05, 0.1) is 42.8 Å². The van der Waals surface area contributed by atoms with E-state index in [4.69, 9.17) is 26.1 Å². The van der Waals surface area contributed by atoms with Crippen LogP contribution in [0, 0.1) is 0 Å². The summed E-state index contributed by atoms with van der Waals surface area (Å²) in [6.07, 6.45) is 2.41. The first-order chi connectivity index (χ1) is 13.6. The Morgan fingerprint density at radius 1 is 1.29 bits per heavy atom. The van der Waals surface area contributed by atoms with Crippen LogP contribution in [0.15, 0.2) is 36.5 Å². The average molecular weight is 402 g/mol. The summed E-state index contributed by atoms with van der Waals surface area (Å²) in [5, 5.41) is 0.549. The van der Waals surface area contributed by atoms with Gasteiger partial charge in [0, 0.05) is 29.4 Å². The van der Waals surface area contributed by atoms with Crippen LogP contribution < -0.4 is 4.74 Å². The van der Waals surface area contributed by atoms with Crippen LogP contribution in [0.5, 0.6) is 5.75 Å². The van der Waals surface area contributed by atoms with Crippen molar-refractivity contribution in [3.63, 3.8) is 0 Å². The number of rotatable bonds is 4. The fraction of sp³-hybridized carbons (Fsp3) is 0.333. The molecule has 0 radical (unpaired) electrons. The van der Waals surface area contributed by atoms with Crippen molar-refractivity contribution in [3.8, 4) is 28.4 Å². The van der Waals surface area contributed by atoms with Gasteiger partial charge < -0.3 is 14.0 Å². The highest BCUT2D eigenvalue weighted by Crippen LogP contribution is 2.35. The van der Waals surface area contributed by atoms with E-state index in [-0.39, 0.29) is 6.10 Å². The zero-order chi connectivity index (χ0) is 19.7. The van der Waals surface area contributed by atoms with Crippen molar-refractivity contribution in [1.82, 2.24) is 14.5 Å². The van der Waals surface area contributed by atoms with Gasteiger partial charge >= 0.3 is 0 Å². The molecule has 0 fully saturated rings. The Kier molecular flexibility index (Phi) is 5.33. The number of benzene rings is 1. The van der Waals surface area contributed by atoms with Crippen LogP contribution in [-0.4, -0.2) is 34.4 Å². The summed E-state index contributed by atoms with van der Waals surface area (Å²) >= 11 is 6.20.